The van der Waals surface area contributed by atoms with Gasteiger partial charge in [-0.15, -0.1) is 0 Å². The first kappa shape index (κ1) is 11.3. The molecule has 0 saturated heterocycles. The lowest BCUT2D eigenvalue weighted by Crippen LogP contribution is -2.21. The summed E-state index contributed by atoms with van der Waals surface area (Å²) < 4.78 is 0. The van der Waals surface area contributed by atoms with E-state index in [4.69, 9.17) is 11.5 Å². The van der Waals surface area contributed by atoms with Crippen LogP contribution in [0.4, 0.5) is 11.4 Å². The number of hydrogen-bond acceptors (Lipinski definition) is 5. The minimum Gasteiger partial charge on any atom is -0.508 e. The van der Waals surface area contributed by atoms with Crippen molar-refractivity contribution in [3.63, 3.8) is 0 Å². The summed E-state index contributed by atoms with van der Waals surface area (Å²) in [7, 11) is 0. The van der Waals surface area contributed by atoms with Gasteiger partial charge in [0.1, 0.15) is 5.75 Å². The van der Waals surface area contributed by atoms with Crippen molar-refractivity contribution >= 4 is 22.9 Å². The molecule has 0 spiro atoms. The van der Waals surface area contributed by atoms with Crippen molar-refractivity contribution in [2.75, 3.05) is 11.5 Å². The smallest absolute Gasteiger partial charge is 0.194 e. The Kier molecular flexibility index (Phi) is 2.13. The van der Waals surface area contributed by atoms with Crippen LogP contribution in [0.1, 0.15) is 31.8 Å². The van der Waals surface area contributed by atoms with Gasteiger partial charge in [0.25, 0.3) is 0 Å². The zero-order valence-electron chi connectivity index (χ0n) is 9.81. The van der Waals surface area contributed by atoms with Crippen LogP contribution in [0.5, 0.6) is 5.75 Å². The predicted octanol–water partition coefficient (Wildman–Crippen LogP) is 1.33. The van der Waals surface area contributed by atoms with Crippen LogP contribution < -0.4 is 11.5 Å². The molecule has 94 valence electrons. The fourth-order valence-electron chi connectivity index (χ4n) is 2.22. The number of anilines is 2. The van der Waals surface area contributed by atoms with Gasteiger partial charge in [0.15, 0.2) is 11.6 Å². The molecule has 0 atom stereocenters. The van der Waals surface area contributed by atoms with Crippen LogP contribution in [0.25, 0.3) is 0 Å². The van der Waals surface area contributed by atoms with Crippen molar-refractivity contribution in [3.8, 4) is 5.75 Å². The number of phenolic OH excluding ortho intramolecular Hbond substituents is 1. The van der Waals surface area contributed by atoms with Gasteiger partial charge in [-0.05, 0) is 30.3 Å². The summed E-state index contributed by atoms with van der Waals surface area (Å²) in [5.41, 5.74) is 12.8. The van der Waals surface area contributed by atoms with Gasteiger partial charge in [0.05, 0.1) is 11.4 Å². The molecule has 3 rings (SSSR count). The Bertz CT molecular complexity index is 751. The van der Waals surface area contributed by atoms with Gasteiger partial charge in [0.2, 0.25) is 0 Å². The summed E-state index contributed by atoms with van der Waals surface area (Å²) in [6, 6.07) is 6.90. The highest BCUT2D eigenvalue weighted by Crippen LogP contribution is 2.32. The largest absolute Gasteiger partial charge is 0.508 e. The lowest BCUT2D eigenvalue weighted by atomic mass is 9.83. The van der Waals surface area contributed by atoms with Crippen molar-refractivity contribution in [1.82, 2.24) is 0 Å². The summed E-state index contributed by atoms with van der Waals surface area (Å²) in [4.78, 5) is 24.6. The van der Waals surface area contributed by atoms with E-state index < -0.39 is 0 Å². The average Bonchev–Trinajstić information content (AvgIpc) is 2.38. The van der Waals surface area contributed by atoms with Crippen LogP contribution in [-0.4, -0.2) is 16.7 Å². The van der Waals surface area contributed by atoms with Gasteiger partial charge in [0, 0.05) is 22.3 Å². The third-order valence-electron chi connectivity index (χ3n) is 3.20. The molecule has 2 aromatic rings. The van der Waals surface area contributed by atoms with Gasteiger partial charge in [-0.25, -0.2) is 0 Å². The number of carbonyl (C=O) groups excluding carboxylic acids is 2. The lowest BCUT2D eigenvalue weighted by Gasteiger charge is -2.18. The van der Waals surface area contributed by atoms with E-state index in [1.165, 1.54) is 30.3 Å². The van der Waals surface area contributed by atoms with Crippen LogP contribution in [-0.2, 0) is 0 Å². The van der Waals surface area contributed by atoms with Gasteiger partial charge >= 0.3 is 0 Å². The van der Waals surface area contributed by atoms with Crippen molar-refractivity contribution in [2.24, 2.45) is 0 Å². The Balaban J connectivity index is 2.32. The monoisotopic (exact) mass is 254 g/mol. The average molecular weight is 254 g/mol. The van der Waals surface area contributed by atoms with Crippen LogP contribution >= 0.6 is 0 Å². The molecule has 0 amide bonds. The molecule has 0 bridgehead atoms. The molecular formula is C14H10N2O3. The Hall–Kier alpha value is -2.82. The van der Waals surface area contributed by atoms with E-state index in [-0.39, 0.29) is 50.9 Å². The number of hydrogen-bond donors (Lipinski definition) is 3. The number of phenols is 1. The number of rotatable bonds is 0. The van der Waals surface area contributed by atoms with Crippen LogP contribution in [0.2, 0.25) is 0 Å². The molecule has 5 nitrogen and oxygen atoms in total. The number of nitrogens with two attached hydrogens (primary N) is 2. The lowest BCUT2D eigenvalue weighted by molar-refractivity contribution is 0.0979. The first-order chi connectivity index (χ1) is 8.99. The van der Waals surface area contributed by atoms with E-state index in [0.29, 0.717) is 0 Å². The summed E-state index contributed by atoms with van der Waals surface area (Å²) in [5.74, 6) is -0.699. The van der Waals surface area contributed by atoms with E-state index in [0.717, 1.165) is 0 Å². The normalized spacial score (nSPS) is 13.1. The molecular weight excluding hydrogens is 244 g/mol. The molecule has 0 aliphatic heterocycles. The number of aromatic hydroxyl groups is 1. The fraction of sp³-hybridized carbons (Fsp3) is 0. The molecule has 0 aromatic heterocycles. The maximum atomic E-state index is 12.3. The quantitative estimate of drug-likeness (QED) is 0.525. The minimum absolute atomic E-state index is 0.0632. The van der Waals surface area contributed by atoms with E-state index in [9.17, 15) is 14.7 Å². The number of ketones is 2. The van der Waals surface area contributed by atoms with Crippen molar-refractivity contribution in [3.05, 3.63) is 52.6 Å². The molecule has 19 heavy (non-hydrogen) atoms. The number of nitrogen functional groups attached to an aromatic ring is 2. The molecule has 0 radical (unpaired) electrons. The van der Waals surface area contributed by atoms with Crippen LogP contribution in [0.3, 0.4) is 0 Å². The molecule has 0 fully saturated rings. The van der Waals surface area contributed by atoms with Crippen molar-refractivity contribution in [1.29, 1.82) is 0 Å². The second-order valence-corrected chi connectivity index (χ2v) is 4.41. The number of carbonyl (C=O) groups is 2. The molecule has 5 N–H and O–H groups in total. The minimum atomic E-state index is -0.341. The van der Waals surface area contributed by atoms with Crippen molar-refractivity contribution < 1.29 is 14.7 Å². The zero-order chi connectivity index (χ0) is 13.7. The summed E-state index contributed by atoms with van der Waals surface area (Å²) in [6.45, 7) is 0. The second-order valence-electron chi connectivity index (χ2n) is 4.41. The van der Waals surface area contributed by atoms with Gasteiger partial charge < -0.3 is 16.6 Å². The molecule has 2 aromatic carbocycles. The highest BCUT2D eigenvalue weighted by molar-refractivity contribution is 6.29. The van der Waals surface area contributed by atoms with E-state index >= 15 is 0 Å². The Labute approximate surface area is 108 Å². The van der Waals surface area contributed by atoms with Gasteiger partial charge in [-0.2, -0.15) is 0 Å². The van der Waals surface area contributed by atoms with E-state index in [1.807, 2.05) is 0 Å². The maximum Gasteiger partial charge on any atom is 0.194 e. The Morgan fingerprint density at radius 2 is 1.21 bits per heavy atom. The second kappa shape index (κ2) is 3.58. The van der Waals surface area contributed by atoms with Gasteiger partial charge in [-0.3, -0.25) is 9.59 Å². The SMILES string of the molecule is Nc1cc2c(cc1N)C(=O)c1cc(O)ccc1C2=O. The van der Waals surface area contributed by atoms with Gasteiger partial charge in [-0.1, -0.05) is 0 Å². The number of fused-ring (bicyclic) bond motifs is 2. The maximum absolute atomic E-state index is 12.3. The summed E-state index contributed by atoms with van der Waals surface area (Å²) in [6.07, 6.45) is 0. The van der Waals surface area contributed by atoms with Crippen molar-refractivity contribution in [2.45, 2.75) is 0 Å². The standard InChI is InChI=1S/C14H10N2O3/c15-11-4-9-10(5-12(11)16)14(19)8-3-6(17)1-2-7(8)13(9)18/h1-5,17H,15-16H2. The molecule has 0 heterocycles. The molecule has 5 heteroatoms. The first-order valence-corrected chi connectivity index (χ1v) is 5.60. The molecule has 0 saturated carbocycles. The Morgan fingerprint density at radius 3 is 1.79 bits per heavy atom. The number of benzene rings is 2. The fourth-order valence-corrected chi connectivity index (χ4v) is 2.22. The van der Waals surface area contributed by atoms with Crippen LogP contribution in [0.15, 0.2) is 30.3 Å². The Morgan fingerprint density at radius 1 is 0.737 bits per heavy atom. The summed E-state index contributed by atoms with van der Waals surface area (Å²) >= 11 is 0. The third kappa shape index (κ3) is 1.48. The molecule has 0 unspecified atom stereocenters. The third-order valence-corrected chi connectivity index (χ3v) is 3.20. The zero-order valence-corrected chi connectivity index (χ0v) is 9.81. The highest BCUT2D eigenvalue weighted by Gasteiger charge is 2.30. The van der Waals surface area contributed by atoms with E-state index in [2.05, 4.69) is 0 Å². The van der Waals surface area contributed by atoms with Crippen LogP contribution in [0, 0.1) is 0 Å². The topological polar surface area (TPSA) is 106 Å². The van der Waals surface area contributed by atoms with E-state index in [1.54, 1.807) is 0 Å². The first-order valence-electron chi connectivity index (χ1n) is 5.60. The predicted molar refractivity (Wildman–Crippen MR) is 70.2 cm³/mol. The molecule has 1 aliphatic rings. The molecule has 1 aliphatic carbocycles. The highest BCUT2D eigenvalue weighted by atomic mass is 16.3. The summed E-state index contributed by atoms with van der Waals surface area (Å²) in [5, 5.41) is 9.43.